The molecule has 0 radical (unpaired) electrons. The van der Waals surface area contributed by atoms with E-state index in [1.165, 1.54) is 6.20 Å². The normalized spacial score (nSPS) is 11.1. The van der Waals surface area contributed by atoms with E-state index in [2.05, 4.69) is 22.5 Å². The molecule has 102 valence electrons. The summed E-state index contributed by atoms with van der Waals surface area (Å²) in [7, 11) is 0. The smallest absolute Gasteiger partial charge is 0.166 e. The molecule has 4 heteroatoms. The van der Waals surface area contributed by atoms with E-state index in [1.807, 2.05) is 41.1 Å². The number of pyridine rings is 1. The number of nitrogens with one attached hydrogen (secondary N) is 1. The average molecular weight is 277 g/mol. The standard InChI is InChI=1S/C17H12FN3/c18-14-11-19-10-9-15(14)20-21-16-7-3-1-5-12(16)13-6-2-4-8-17(13)21/h1-11H,(H,19,20). The Kier molecular flexibility index (Phi) is 2.60. The molecule has 4 rings (SSSR count). The van der Waals surface area contributed by atoms with Gasteiger partial charge in [-0.1, -0.05) is 36.4 Å². The summed E-state index contributed by atoms with van der Waals surface area (Å²) in [5.74, 6) is -0.376. The van der Waals surface area contributed by atoms with Gasteiger partial charge in [0.15, 0.2) is 5.82 Å². The Morgan fingerprint density at radius 2 is 1.48 bits per heavy atom. The molecule has 2 aromatic carbocycles. The number of nitrogens with zero attached hydrogens (tertiary/aromatic N) is 2. The second-order valence-corrected chi connectivity index (χ2v) is 4.84. The Hall–Kier alpha value is -2.88. The first-order valence-corrected chi connectivity index (χ1v) is 6.69. The van der Waals surface area contributed by atoms with E-state index in [-0.39, 0.29) is 5.82 Å². The second kappa shape index (κ2) is 4.59. The van der Waals surface area contributed by atoms with Crippen LogP contribution in [0.4, 0.5) is 10.1 Å². The van der Waals surface area contributed by atoms with Crippen LogP contribution in [-0.2, 0) is 0 Å². The number of anilines is 1. The van der Waals surface area contributed by atoms with Gasteiger partial charge in [-0.15, -0.1) is 0 Å². The summed E-state index contributed by atoms with van der Waals surface area (Å²) in [6.07, 6.45) is 2.77. The van der Waals surface area contributed by atoms with Gasteiger partial charge in [-0.25, -0.2) is 4.39 Å². The molecule has 2 heterocycles. The molecular weight excluding hydrogens is 265 g/mol. The van der Waals surface area contributed by atoms with Gasteiger partial charge in [0.05, 0.1) is 22.9 Å². The SMILES string of the molecule is Fc1cnccc1Nn1c2ccccc2c2ccccc21. The summed E-state index contributed by atoms with van der Waals surface area (Å²) in [5, 5.41) is 2.27. The van der Waals surface area contributed by atoms with Crippen LogP contribution in [0.15, 0.2) is 67.0 Å². The maximum absolute atomic E-state index is 13.8. The molecule has 21 heavy (non-hydrogen) atoms. The van der Waals surface area contributed by atoms with Crippen molar-refractivity contribution in [3.05, 3.63) is 72.8 Å². The molecule has 2 aromatic heterocycles. The minimum Gasteiger partial charge on any atom is -0.291 e. The zero-order valence-electron chi connectivity index (χ0n) is 11.1. The number of halogens is 1. The summed E-state index contributed by atoms with van der Waals surface area (Å²) in [6.45, 7) is 0. The topological polar surface area (TPSA) is 29.9 Å². The summed E-state index contributed by atoms with van der Waals surface area (Å²) >= 11 is 0. The molecule has 0 saturated heterocycles. The van der Waals surface area contributed by atoms with Gasteiger partial charge in [-0.3, -0.25) is 15.1 Å². The molecule has 0 saturated carbocycles. The highest BCUT2D eigenvalue weighted by atomic mass is 19.1. The Bertz CT molecular complexity index is 890. The number of rotatable bonds is 2. The Labute approximate surface area is 120 Å². The molecule has 0 aliphatic heterocycles. The maximum Gasteiger partial charge on any atom is 0.166 e. The van der Waals surface area contributed by atoms with Crippen molar-refractivity contribution in [2.45, 2.75) is 0 Å². The number of hydrogen-bond acceptors (Lipinski definition) is 2. The number of para-hydroxylation sites is 2. The molecule has 1 N–H and O–H groups in total. The largest absolute Gasteiger partial charge is 0.291 e. The molecule has 0 aliphatic rings. The molecule has 4 aromatic rings. The van der Waals surface area contributed by atoms with Crippen LogP contribution < -0.4 is 5.43 Å². The van der Waals surface area contributed by atoms with Crippen molar-refractivity contribution in [1.82, 2.24) is 9.66 Å². The van der Waals surface area contributed by atoms with E-state index in [1.54, 1.807) is 12.3 Å². The zero-order valence-corrected chi connectivity index (χ0v) is 11.1. The lowest BCUT2D eigenvalue weighted by Crippen LogP contribution is -2.09. The Morgan fingerprint density at radius 1 is 0.857 bits per heavy atom. The van der Waals surface area contributed by atoms with Crippen molar-refractivity contribution in [2.75, 3.05) is 5.43 Å². The van der Waals surface area contributed by atoms with Crippen LogP contribution in [0.2, 0.25) is 0 Å². The van der Waals surface area contributed by atoms with Crippen molar-refractivity contribution in [3.8, 4) is 0 Å². The summed E-state index contributed by atoms with van der Waals surface area (Å²) < 4.78 is 15.7. The molecule has 0 bridgehead atoms. The third-order valence-electron chi connectivity index (χ3n) is 3.58. The van der Waals surface area contributed by atoms with E-state index in [4.69, 9.17) is 0 Å². The first-order chi connectivity index (χ1) is 10.3. The molecular formula is C17H12FN3. The van der Waals surface area contributed by atoms with Crippen molar-refractivity contribution in [3.63, 3.8) is 0 Å². The van der Waals surface area contributed by atoms with Crippen LogP contribution in [0.5, 0.6) is 0 Å². The van der Waals surface area contributed by atoms with Crippen LogP contribution in [0, 0.1) is 5.82 Å². The molecule has 0 fully saturated rings. The summed E-state index contributed by atoms with van der Waals surface area (Å²) in [5.41, 5.74) is 5.56. The Morgan fingerprint density at radius 3 is 2.10 bits per heavy atom. The fraction of sp³-hybridized carbons (Fsp3) is 0. The number of aromatic nitrogens is 2. The van der Waals surface area contributed by atoms with Crippen LogP contribution in [-0.4, -0.2) is 9.66 Å². The predicted octanol–water partition coefficient (Wildman–Crippen LogP) is 4.20. The van der Waals surface area contributed by atoms with Crippen molar-refractivity contribution >= 4 is 27.5 Å². The van der Waals surface area contributed by atoms with Gasteiger partial charge < -0.3 is 0 Å². The lowest BCUT2D eigenvalue weighted by molar-refractivity contribution is 0.622. The fourth-order valence-electron chi connectivity index (χ4n) is 2.63. The van der Waals surface area contributed by atoms with E-state index >= 15 is 0 Å². The van der Waals surface area contributed by atoms with Gasteiger partial charge in [-0.05, 0) is 18.2 Å². The monoisotopic (exact) mass is 277 g/mol. The van der Waals surface area contributed by atoms with Crippen LogP contribution in [0.1, 0.15) is 0 Å². The minimum absolute atomic E-state index is 0.376. The lowest BCUT2D eigenvalue weighted by atomic mass is 10.2. The van der Waals surface area contributed by atoms with E-state index in [0.717, 1.165) is 21.8 Å². The van der Waals surface area contributed by atoms with E-state index < -0.39 is 0 Å². The van der Waals surface area contributed by atoms with Gasteiger partial charge in [0.1, 0.15) is 0 Å². The van der Waals surface area contributed by atoms with Gasteiger partial charge in [-0.2, -0.15) is 0 Å². The molecule has 0 atom stereocenters. The highest BCUT2D eigenvalue weighted by Gasteiger charge is 2.10. The highest BCUT2D eigenvalue weighted by Crippen LogP contribution is 2.28. The van der Waals surface area contributed by atoms with E-state index in [0.29, 0.717) is 5.69 Å². The van der Waals surface area contributed by atoms with Gasteiger partial charge in [0, 0.05) is 17.0 Å². The first-order valence-electron chi connectivity index (χ1n) is 6.69. The highest BCUT2D eigenvalue weighted by molar-refractivity contribution is 6.08. The van der Waals surface area contributed by atoms with Crippen LogP contribution in [0.3, 0.4) is 0 Å². The number of fused-ring (bicyclic) bond motifs is 3. The van der Waals surface area contributed by atoms with Crippen molar-refractivity contribution in [2.24, 2.45) is 0 Å². The maximum atomic E-state index is 13.8. The number of benzene rings is 2. The van der Waals surface area contributed by atoms with Crippen LogP contribution >= 0.6 is 0 Å². The molecule has 0 spiro atoms. The molecule has 3 nitrogen and oxygen atoms in total. The average Bonchev–Trinajstić information content (AvgIpc) is 2.85. The lowest BCUT2D eigenvalue weighted by Gasteiger charge is -2.11. The van der Waals surface area contributed by atoms with Gasteiger partial charge in [0.2, 0.25) is 0 Å². The Balaban J connectivity index is 2.00. The van der Waals surface area contributed by atoms with Crippen molar-refractivity contribution < 1.29 is 4.39 Å². The predicted molar refractivity (Wildman–Crippen MR) is 82.7 cm³/mol. The van der Waals surface area contributed by atoms with Crippen LogP contribution in [0.25, 0.3) is 21.8 Å². The second-order valence-electron chi connectivity index (χ2n) is 4.84. The molecule has 0 aliphatic carbocycles. The summed E-state index contributed by atoms with van der Waals surface area (Å²) in [6, 6.07) is 17.8. The molecule has 0 unspecified atom stereocenters. The zero-order chi connectivity index (χ0) is 14.2. The van der Waals surface area contributed by atoms with E-state index in [9.17, 15) is 4.39 Å². The minimum atomic E-state index is -0.376. The van der Waals surface area contributed by atoms with Gasteiger partial charge in [0.25, 0.3) is 0 Å². The number of hydrogen-bond donors (Lipinski definition) is 1. The molecule has 0 amide bonds. The quantitative estimate of drug-likeness (QED) is 0.595. The van der Waals surface area contributed by atoms with Gasteiger partial charge >= 0.3 is 0 Å². The fourth-order valence-corrected chi connectivity index (χ4v) is 2.63. The first kappa shape index (κ1) is 11.9. The third kappa shape index (κ3) is 1.84. The van der Waals surface area contributed by atoms with Crippen molar-refractivity contribution in [1.29, 1.82) is 0 Å². The summed E-state index contributed by atoms with van der Waals surface area (Å²) in [4.78, 5) is 3.77. The third-order valence-corrected chi connectivity index (χ3v) is 3.58.